The van der Waals surface area contributed by atoms with E-state index in [9.17, 15) is 4.79 Å². The maximum atomic E-state index is 12.2. The zero-order chi connectivity index (χ0) is 22.8. The molecule has 1 amide bonds. The summed E-state index contributed by atoms with van der Waals surface area (Å²) in [6, 6.07) is 22.4. The topological polar surface area (TPSA) is 116 Å². The SMILES string of the molecule is COc1ccc(NC(=O)COc2ccc(C3N=C(N)Nc4nc5ccccc5n43)cc2)cc1. The number of fused-ring (bicyclic) bond motifs is 3. The van der Waals surface area contributed by atoms with Gasteiger partial charge in [-0.05, 0) is 54.1 Å². The molecule has 0 bridgehead atoms. The minimum atomic E-state index is -0.360. The molecule has 1 atom stereocenters. The predicted molar refractivity (Wildman–Crippen MR) is 127 cm³/mol. The van der Waals surface area contributed by atoms with Gasteiger partial charge >= 0.3 is 0 Å². The Kier molecular flexibility index (Phi) is 5.27. The number of carbonyl (C=O) groups excluding carboxylic acids is 1. The van der Waals surface area contributed by atoms with Crippen molar-refractivity contribution in [3.63, 3.8) is 0 Å². The van der Waals surface area contributed by atoms with Gasteiger partial charge in [0.15, 0.2) is 18.7 Å². The number of guanidine groups is 1. The number of aliphatic imine (C=N–C) groups is 1. The molecule has 0 radical (unpaired) electrons. The van der Waals surface area contributed by atoms with Crippen LogP contribution in [0.1, 0.15) is 11.7 Å². The molecule has 1 unspecified atom stereocenters. The Bertz CT molecular complexity index is 1330. The number of hydrogen-bond acceptors (Lipinski definition) is 7. The molecule has 1 aromatic heterocycles. The van der Waals surface area contributed by atoms with Crippen molar-refractivity contribution in [3.05, 3.63) is 78.4 Å². The van der Waals surface area contributed by atoms with Crippen molar-refractivity contribution in [2.45, 2.75) is 6.17 Å². The summed E-state index contributed by atoms with van der Waals surface area (Å²) >= 11 is 0. The Labute approximate surface area is 189 Å². The molecular formula is C24H22N6O3. The number of imidazole rings is 1. The fourth-order valence-corrected chi connectivity index (χ4v) is 3.70. The third-order valence-corrected chi connectivity index (χ3v) is 5.26. The Morgan fingerprint density at radius 1 is 1.06 bits per heavy atom. The number of carbonyl (C=O) groups is 1. The van der Waals surface area contributed by atoms with E-state index in [4.69, 9.17) is 15.2 Å². The molecule has 0 aliphatic carbocycles. The molecular weight excluding hydrogens is 420 g/mol. The van der Waals surface area contributed by atoms with Crippen LogP contribution in [0.2, 0.25) is 0 Å². The summed E-state index contributed by atoms with van der Waals surface area (Å²) in [7, 11) is 1.59. The van der Waals surface area contributed by atoms with Gasteiger partial charge in [-0.1, -0.05) is 24.3 Å². The van der Waals surface area contributed by atoms with Gasteiger partial charge in [0, 0.05) is 5.69 Å². The van der Waals surface area contributed by atoms with Crippen LogP contribution in [0.3, 0.4) is 0 Å². The van der Waals surface area contributed by atoms with Crippen LogP contribution in [0.25, 0.3) is 11.0 Å². The number of methoxy groups -OCH3 is 1. The van der Waals surface area contributed by atoms with Gasteiger partial charge in [0.1, 0.15) is 11.5 Å². The van der Waals surface area contributed by atoms with Gasteiger partial charge in [0.05, 0.1) is 18.1 Å². The maximum Gasteiger partial charge on any atom is 0.262 e. The number of nitrogens with one attached hydrogen (secondary N) is 2. The summed E-state index contributed by atoms with van der Waals surface area (Å²) in [6.45, 7) is -0.111. The number of amides is 1. The Morgan fingerprint density at radius 2 is 1.79 bits per heavy atom. The lowest BCUT2D eigenvalue weighted by atomic mass is 10.1. The van der Waals surface area contributed by atoms with Crippen LogP contribution in [0.4, 0.5) is 11.6 Å². The van der Waals surface area contributed by atoms with Crippen molar-refractivity contribution < 1.29 is 14.3 Å². The zero-order valence-electron chi connectivity index (χ0n) is 17.9. The summed E-state index contributed by atoms with van der Waals surface area (Å²) in [6.07, 6.45) is -0.360. The minimum absolute atomic E-state index is 0.111. The van der Waals surface area contributed by atoms with Crippen LogP contribution in [0, 0.1) is 0 Å². The highest BCUT2D eigenvalue weighted by molar-refractivity contribution is 5.94. The highest BCUT2D eigenvalue weighted by Crippen LogP contribution is 2.32. The number of nitrogens with zero attached hydrogens (tertiary/aromatic N) is 3. The number of rotatable bonds is 6. The Balaban J connectivity index is 1.28. The van der Waals surface area contributed by atoms with Crippen molar-refractivity contribution >= 4 is 34.5 Å². The minimum Gasteiger partial charge on any atom is -0.497 e. The molecule has 0 spiro atoms. The largest absolute Gasteiger partial charge is 0.497 e. The first-order valence-corrected chi connectivity index (χ1v) is 10.3. The number of hydrogen-bond donors (Lipinski definition) is 3. The van der Waals surface area contributed by atoms with Crippen molar-refractivity contribution in [2.24, 2.45) is 10.7 Å². The van der Waals surface area contributed by atoms with Gasteiger partial charge in [-0.25, -0.2) is 9.98 Å². The van der Waals surface area contributed by atoms with Gasteiger partial charge in [-0.3, -0.25) is 14.7 Å². The molecule has 1 aliphatic rings. The molecule has 0 saturated carbocycles. The van der Waals surface area contributed by atoms with Gasteiger partial charge in [-0.15, -0.1) is 0 Å². The van der Waals surface area contributed by atoms with Crippen LogP contribution in [-0.4, -0.2) is 35.1 Å². The smallest absolute Gasteiger partial charge is 0.262 e. The normalized spacial score (nSPS) is 14.7. The van der Waals surface area contributed by atoms with Gasteiger partial charge in [0.2, 0.25) is 5.95 Å². The second-order valence-corrected chi connectivity index (χ2v) is 7.44. The van der Waals surface area contributed by atoms with E-state index < -0.39 is 0 Å². The van der Waals surface area contributed by atoms with Gasteiger partial charge in [-0.2, -0.15) is 0 Å². The second-order valence-electron chi connectivity index (χ2n) is 7.44. The molecule has 4 aromatic rings. The lowest BCUT2D eigenvalue weighted by Gasteiger charge is -2.24. The number of nitrogens with two attached hydrogens (primary N) is 1. The molecule has 0 fully saturated rings. The maximum absolute atomic E-state index is 12.2. The lowest BCUT2D eigenvalue weighted by Crippen LogP contribution is -2.31. The van der Waals surface area contributed by atoms with E-state index in [1.165, 1.54) is 0 Å². The van der Waals surface area contributed by atoms with E-state index in [1.54, 1.807) is 31.4 Å². The first kappa shape index (κ1) is 20.4. The van der Waals surface area contributed by atoms with Crippen LogP contribution in [0.15, 0.2) is 77.8 Å². The average molecular weight is 442 g/mol. The molecule has 166 valence electrons. The third-order valence-electron chi connectivity index (χ3n) is 5.26. The summed E-state index contributed by atoms with van der Waals surface area (Å²) in [5.41, 5.74) is 9.40. The lowest BCUT2D eigenvalue weighted by molar-refractivity contribution is -0.118. The van der Waals surface area contributed by atoms with E-state index in [0.717, 1.165) is 22.3 Å². The summed E-state index contributed by atoms with van der Waals surface area (Å²) < 4.78 is 12.8. The van der Waals surface area contributed by atoms with Crippen molar-refractivity contribution in [1.29, 1.82) is 0 Å². The van der Waals surface area contributed by atoms with Crippen LogP contribution in [0.5, 0.6) is 11.5 Å². The highest BCUT2D eigenvalue weighted by atomic mass is 16.5. The van der Waals surface area contributed by atoms with E-state index in [2.05, 4.69) is 20.6 Å². The number of aromatic nitrogens is 2. The van der Waals surface area contributed by atoms with E-state index in [-0.39, 0.29) is 18.7 Å². The average Bonchev–Trinajstić information content (AvgIpc) is 3.21. The Hall–Kier alpha value is -4.53. The molecule has 33 heavy (non-hydrogen) atoms. The molecule has 4 N–H and O–H groups in total. The predicted octanol–water partition coefficient (Wildman–Crippen LogP) is 3.35. The standard InChI is InChI=1S/C24H22N6O3/c1-32-17-12-8-16(9-13-17)26-21(31)14-33-18-10-6-15(7-11-18)22-28-23(25)29-24-27-19-4-2-3-5-20(19)30(22)24/h2-13,22H,14H2,1H3,(H,26,31)(H3,25,27,28,29). The number of benzene rings is 3. The summed E-state index contributed by atoms with van der Waals surface area (Å²) in [4.78, 5) is 21.4. The molecule has 5 rings (SSSR count). The second kappa shape index (κ2) is 8.54. The first-order valence-electron chi connectivity index (χ1n) is 10.3. The Morgan fingerprint density at radius 3 is 2.55 bits per heavy atom. The monoisotopic (exact) mass is 442 g/mol. The molecule has 1 aliphatic heterocycles. The number of ether oxygens (including phenoxy) is 2. The fraction of sp³-hybridized carbons (Fsp3) is 0.125. The first-order chi connectivity index (χ1) is 16.1. The van der Waals surface area contributed by atoms with Gasteiger partial charge < -0.3 is 20.5 Å². The van der Waals surface area contributed by atoms with Crippen LogP contribution < -0.4 is 25.8 Å². The summed E-state index contributed by atoms with van der Waals surface area (Å²) in [5.74, 6) is 1.99. The quantitative estimate of drug-likeness (QED) is 0.422. The van der Waals surface area contributed by atoms with Crippen molar-refractivity contribution in [1.82, 2.24) is 9.55 Å². The molecule has 3 aromatic carbocycles. The van der Waals surface area contributed by atoms with Gasteiger partial charge in [0.25, 0.3) is 5.91 Å². The van der Waals surface area contributed by atoms with Crippen LogP contribution in [-0.2, 0) is 4.79 Å². The highest BCUT2D eigenvalue weighted by Gasteiger charge is 2.25. The molecule has 2 heterocycles. The molecule has 0 saturated heterocycles. The zero-order valence-corrected chi connectivity index (χ0v) is 17.9. The van der Waals surface area contributed by atoms with E-state index in [0.29, 0.717) is 23.3 Å². The van der Waals surface area contributed by atoms with Crippen molar-refractivity contribution in [2.75, 3.05) is 24.4 Å². The van der Waals surface area contributed by atoms with E-state index in [1.807, 2.05) is 53.1 Å². The fourth-order valence-electron chi connectivity index (χ4n) is 3.70. The van der Waals surface area contributed by atoms with Crippen LogP contribution >= 0.6 is 0 Å². The number of para-hydroxylation sites is 2. The third kappa shape index (κ3) is 4.16. The van der Waals surface area contributed by atoms with Crippen molar-refractivity contribution in [3.8, 4) is 11.5 Å². The van der Waals surface area contributed by atoms with E-state index >= 15 is 0 Å². The molecule has 9 heteroatoms. The number of anilines is 2. The molecule has 9 nitrogen and oxygen atoms in total. The summed E-state index contributed by atoms with van der Waals surface area (Å²) in [5, 5.41) is 5.81.